The van der Waals surface area contributed by atoms with Crippen molar-refractivity contribution in [3.63, 3.8) is 0 Å². The summed E-state index contributed by atoms with van der Waals surface area (Å²) in [6, 6.07) is 0. The molecule has 0 saturated carbocycles. The molecule has 1 fully saturated rings. The van der Waals surface area contributed by atoms with Crippen LogP contribution in [0.1, 0.15) is 46.5 Å². The summed E-state index contributed by atoms with van der Waals surface area (Å²) in [6.07, 6.45) is 5.51. The Morgan fingerprint density at radius 3 is 2.58 bits per heavy atom. The zero-order valence-corrected chi connectivity index (χ0v) is 8.82. The molecule has 1 nitrogen and oxygen atoms in total. The van der Waals surface area contributed by atoms with Gasteiger partial charge in [0, 0.05) is 6.54 Å². The quantitative estimate of drug-likeness (QED) is 0.682. The fourth-order valence-electron chi connectivity index (χ4n) is 2.30. The van der Waals surface area contributed by atoms with E-state index in [1.165, 1.54) is 38.8 Å². The zero-order chi connectivity index (χ0) is 9.03. The Kier molecular flexibility index (Phi) is 3.57. The highest BCUT2D eigenvalue weighted by Crippen LogP contribution is 2.36. The molecule has 0 aliphatic carbocycles. The van der Waals surface area contributed by atoms with Gasteiger partial charge in [0.15, 0.2) is 0 Å². The Morgan fingerprint density at radius 2 is 2.17 bits per heavy atom. The van der Waals surface area contributed by atoms with Crippen molar-refractivity contribution in [2.45, 2.75) is 46.5 Å². The Morgan fingerprint density at radius 1 is 1.42 bits per heavy atom. The average Bonchev–Trinajstić information content (AvgIpc) is 2.54. The fraction of sp³-hybridized carbons (Fsp3) is 1.00. The molecule has 1 aliphatic rings. The van der Waals surface area contributed by atoms with Crippen molar-refractivity contribution >= 4 is 0 Å². The van der Waals surface area contributed by atoms with Gasteiger partial charge in [-0.1, -0.05) is 27.2 Å². The van der Waals surface area contributed by atoms with E-state index >= 15 is 0 Å². The van der Waals surface area contributed by atoms with Crippen LogP contribution in [0.15, 0.2) is 0 Å². The lowest BCUT2D eigenvalue weighted by Crippen LogP contribution is -2.25. The van der Waals surface area contributed by atoms with Gasteiger partial charge in [-0.15, -0.1) is 0 Å². The normalized spacial score (nSPS) is 32.2. The molecule has 2 atom stereocenters. The van der Waals surface area contributed by atoms with Crippen LogP contribution in [-0.4, -0.2) is 13.1 Å². The Balaban J connectivity index is 2.43. The van der Waals surface area contributed by atoms with Gasteiger partial charge in [0.25, 0.3) is 0 Å². The number of hydrogen-bond donors (Lipinski definition) is 1. The second-order valence-electron chi connectivity index (χ2n) is 4.50. The average molecular weight is 169 g/mol. The summed E-state index contributed by atoms with van der Waals surface area (Å²) in [5.74, 6) is 0.907. The van der Waals surface area contributed by atoms with Gasteiger partial charge < -0.3 is 5.32 Å². The molecule has 12 heavy (non-hydrogen) atoms. The first-order valence-electron chi connectivity index (χ1n) is 5.43. The van der Waals surface area contributed by atoms with E-state index in [1.807, 2.05) is 0 Å². The minimum absolute atomic E-state index is 0.648. The minimum Gasteiger partial charge on any atom is -0.316 e. The van der Waals surface area contributed by atoms with Gasteiger partial charge in [0.2, 0.25) is 0 Å². The molecule has 1 N–H and O–H groups in total. The van der Waals surface area contributed by atoms with E-state index in [2.05, 4.69) is 26.1 Å². The third-order valence-corrected chi connectivity index (χ3v) is 3.56. The van der Waals surface area contributed by atoms with Crippen LogP contribution in [0.4, 0.5) is 0 Å². The van der Waals surface area contributed by atoms with Crippen molar-refractivity contribution in [1.82, 2.24) is 5.32 Å². The second-order valence-corrected chi connectivity index (χ2v) is 4.50. The molecular formula is C11H23N. The SMILES string of the molecule is CCC(C)CC1(CC)CCNC1. The lowest BCUT2D eigenvalue weighted by molar-refractivity contribution is 0.234. The van der Waals surface area contributed by atoms with Crippen molar-refractivity contribution in [2.75, 3.05) is 13.1 Å². The predicted molar refractivity (Wildman–Crippen MR) is 54.3 cm³/mol. The van der Waals surface area contributed by atoms with Crippen LogP contribution < -0.4 is 5.32 Å². The molecule has 0 aromatic rings. The highest BCUT2D eigenvalue weighted by molar-refractivity contribution is 4.87. The maximum atomic E-state index is 3.49. The highest BCUT2D eigenvalue weighted by atomic mass is 14.9. The van der Waals surface area contributed by atoms with Gasteiger partial charge in [-0.25, -0.2) is 0 Å². The van der Waals surface area contributed by atoms with Crippen LogP contribution in [0.3, 0.4) is 0 Å². The van der Waals surface area contributed by atoms with Gasteiger partial charge in [-0.3, -0.25) is 0 Å². The van der Waals surface area contributed by atoms with Crippen LogP contribution in [0.5, 0.6) is 0 Å². The van der Waals surface area contributed by atoms with Crippen molar-refractivity contribution < 1.29 is 0 Å². The fourth-order valence-corrected chi connectivity index (χ4v) is 2.30. The summed E-state index contributed by atoms with van der Waals surface area (Å²) < 4.78 is 0. The molecule has 1 heterocycles. The van der Waals surface area contributed by atoms with E-state index in [0.29, 0.717) is 5.41 Å². The minimum atomic E-state index is 0.648. The number of rotatable bonds is 4. The van der Waals surface area contributed by atoms with E-state index in [4.69, 9.17) is 0 Å². The molecule has 0 bridgehead atoms. The summed E-state index contributed by atoms with van der Waals surface area (Å²) in [7, 11) is 0. The number of nitrogens with one attached hydrogen (secondary N) is 1. The van der Waals surface area contributed by atoms with Gasteiger partial charge >= 0.3 is 0 Å². The Hall–Kier alpha value is -0.0400. The molecule has 1 aliphatic heterocycles. The lowest BCUT2D eigenvalue weighted by atomic mass is 9.76. The van der Waals surface area contributed by atoms with E-state index in [9.17, 15) is 0 Å². The van der Waals surface area contributed by atoms with Crippen molar-refractivity contribution in [2.24, 2.45) is 11.3 Å². The van der Waals surface area contributed by atoms with Crippen LogP contribution in [0, 0.1) is 11.3 Å². The van der Waals surface area contributed by atoms with E-state index < -0.39 is 0 Å². The molecular weight excluding hydrogens is 146 g/mol. The van der Waals surface area contributed by atoms with Crippen LogP contribution in [0.25, 0.3) is 0 Å². The van der Waals surface area contributed by atoms with Crippen LogP contribution in [0.2, 0.25) is 0 Å². The molecule has 0 radical (unpaired) electrons. The largest absolute Gasteiger partial charge is 0.316 e. The first-order chi connectivity index (χ1) is 5.72. The van der Waals surface area contributed by atoms with E-state index in [0.717, 1.165) is 5.92 Å². The Bertz CT molecular complexity index is 125. The van der Waals surface area contributed by atoms with Crippen LogP contribution >= 0.6 is 0 Å². The standard InChI is InChI=1S/C11H23N/c1-4-10(3)8-11(5-2)6-7-12-9-11/h10,12H,4-9H2,1-3H3. The van der Waals surface area contributed by atoms with Gasteiger partial charge in [0.05, 0.1) is 0 Å². The van der Waals surface area contributed by atoms with Crippen molar-refractivity contribution in [3.8, 4) is 0 Å². The van der Waals surface area contributed by atoms with E-state index in [-0.39, 0.29) is 0 Å². The molecule has 0 aromatic heterocycles. The third-order valence-electron chi connectivity index (χ3n) is 3.56. The maximum Gasteiger partial charge on any atom is 0.000828 e. The topological polar surface area (TPSA) is 12.0 Å². The van der Waals surface area contributed by atoms with Crippen LogP contribution in [-0.2, 0) is 0 Å². The zero-order valence-electron chi connectivity index (χ0n) is 8.82. The highest BCUT2D eigenvalue weighted by Gasteiger charge is 2.32. The Labute approximate surface area is 76.9 Å². The molecule has 1 heteroatoms. The predicted octanol–water partition coefficient (Wildman–Crippen LogP) is 2.81. The van der Waals surface area contributed by atoms with Gasteiger partial charge in [-0.05, 0) is 37.1 Å². The van der Waals surface area contributed by atoms with E-state index in [1.54, 1.807) is 0 Å². The third kappa shape index (κ3) is 2.22. The summed E-state index contributed by atoms with van der Waals surface area (Å²) in [5, 5.41) is 3.49. The monoisotopic (exact) mass is 169 g/mol. The van der Waals surface area contributed by atoms with Gasteiger partial charge in [-0.2, -0.15) is 0 Å². The molecule has 0 aromatic carbocycles. The molecule has 1 saturated heterocycles. The first-order valence-corrected chi connectivity index (χ1v) is 5.43. The summed E-state index contributed by atoms with van der Waals surface area (Å²) >= 11 is 0. The van der Waals surface area contributed by atoms with Crippen molar-refractivity contribution in [3.05, 3.63) is 0 Å². The molecule has 1 rings (SSSR count). The molecule has 0 spiro atoms. The van der Waals surface area contributed by atoms with Crippen molar-refractivity contribution in [1.29, 1.82) is 0 Å². The molecule has 72 valence electrons. The molecule has 2 unspecified atom stereocenters. The smallest absolute Gasteiger partial charge is 0.000828 e. The molecule has 0 amide bonds. The summed E-state index contributed by atoms with van der Waals surface area (Å²) in [6.45, 7) is 9.53. The second kappa shape index (κ2) is 4.27. The first kappa shape index (κ1) is 10.0. The maximum absolute atomic E-state index is 3.49. The van der Waals surface area contributed by atoms with Gasteiger partial charge in [0.1, 0.15) is 0 Å². The number of hydrogen-bond acceptors (Lipinski definition) is 1. The summed E-state index contributed by atoms with van der Waals surface area (Å²) in [4.78, 5) is 0. The lowest BCUT2D eigenvalue weighted by Gasteiger charge is -2.29. The summed E-state index contributed by atoms with van der Waals surface area (Å²) in [5.41, 5.74) is 0.648.